The number of hydrogen-bond acceptors (Lipinski definition) is 6. The molecular formula is C12H20N2O4. The van der Waals surface area contributed by atoms with Crippen LogP contribution in [0, 0.1) is 0 Å². The zero-order valence-electron chi connectivity index (χ0n) is 10.9. The quantitative estimate of drug-likeness (QED) is 0.848. The second-order valence-electron chi connectivity index (χ2n) is 4.71. The minimum absolute atomic E-state index is 0.361. The lowest BCUT2D eigenvalue weighted by Crippen LogP contribution is -2.36. The number of aryl methyl sites for hydroxylation is 1. The van der Waals surface area contributed by atoms with Crippen LogP contribution in [0.3, 0.4) is 0 Å². The first-order valence-corrected chi connectivity index (χ1v) is 6.30. The smallest absolute Gasteiger partial charge is 0.226 e. The molecule has 1 aliphatic rings. The Bertz CT molecular complexity index is 372. The fraction of sp³-hybridized carbons (Fsp3) is 0.833. The van der Waals surface area contributed by atoms with Gasteiger partial charge in [0.25, 0.3) is 0 Å². The van der Waals surface area contributed by atoms with E-state index in [1.165, 1.54) is 0 Å². The number of aromatic nitrogens is 2. The van der Waals surface area contributed by atoms with Crippen LogP contribution in [0.5, 0.6) is 0 Å². The molecule has 2 heterocycles. The van der Waals surface area contributed by atoms with Gasteiger partial charge in [-0.3, -0.25) is 0 Å². The van der Waals surface area contributed by atoms with Crippen molar-refractivity contribution < 1.29 is 19.1 Å². The van der Waals surface area contributed by atoms with Crippen LogP contribution in [0.25, 0.3) is 0 Å². The Morgan fingerprint density at radius 3 is 2.78 bits per heavy atom. The molecule has 1 aromatic heterocycles. The molecule has 6 nitrogen and oxygen atoms in total. The predicted octanol–water partition coefficient (Wildman–Crippen LogP) is 1.04. The average Bonchev–Trinajstić information content (AvgIpc) is 2.86. The number of nitrogens with zero attached hydrogens (tertiary/aromatic N) is 2. The van der Waals surface area contributed by atoms with E-state index in [2.05, 4.69) is 10.1 Å². The van der Waals surface area contributed by atoms with E-state index in [9.17, 15) is 5.11 Å². The van der Waals surface area contributed by atoms with Crippen LogP contribution in [-0.2, 0) is 21.5 Å². The van der Waals surface area contributed by atoms with Gasteiger partial charge in [0.15, 0.2) is 0 Å². The Balaban J connectivity index is 2.07. The lowest BCUT2D eigenvalue weighted by atomic mass is 9.93. The standard InChI is InChI=1S/C12H20N2O4/c1-9(15)3-4-10-13-11(14-18-10)12(16-2)5-7-17-8-6-12/h9,15H,3-8H2,1-2H3. The van der Waals surface area contributed by atoms with Crippen molar-refractivity contribution >= 4 is 0 Å². The summed E-state index contributed by atoms with van der Waals surface area (Å²) in [5.41, 5.74) is -0.481. The van der Waals surface area contributed by atoms with Crippen molar-refractivity contribution in [3.63, 3.8) is 0 Å². The van der Waals surface area contributed by atoms with E-state index in [0.29, 0.717) is 37.8 Å². The van der Waals surface area contributed by atoms with Gasteiger partial charge in [0, 0.05) is 39.6 Å². The van der Waals surface area contributed by atoms with Crippen LogP contribution in [0.15, 0.2) is 4.52 Å². The van der Waals surface area contributed by atoms with E-state index in [-0.39, 0.29) is 6.10 Å². The van der Waals surface area contributed by atoms with E-state index in [0.717, 1.165) is 12.8 Å². The van der Waals surface area contributed by atoms with Gasteiger partial charge in [0.1, 0.15) is 5.60 Å². The average molecular weight is 256 g/mol. The second-order valence-corrected chi connectivity index (χ2v) is 4.71. The van der Waals surface area contributed by atoms with Gasteiger partial charge in [-0.25, -0.2) is 0 Å². The van der Waals surface area contributed by atoms with E-state index < -0.39 is 5.60 Å². The molecule has 1 unspecified atom stereocenters. The Kier molecular flexibility index (Phi) is 4.31. The number of aliphatic hydroxyl groups excluding tert-OH is 1. The van der Waals surface area contributed by atoms with Crippen molar-refractivity contribution in [3.8, 4) is 0 Å². The Hall–Kier alpha value is -0.980. The summed E-state index contributed by atoms with van der Waals surface area (Å²) in [6, 6.07) is 0. The fourth-order valence-electron chi connectivity index (χ4n) is 2.09. The van der Waals surface area contributed by atoms with Crippen molar-refractivity contribution in [3.05, 3.63) is 11.7 Å². The first-order valence-electron chi connectivity index (χ1n) is 6.30. The van der Waals surface area contributed by atoms with Crippen molar-refractivity contribution in [1.29, 1.82) is 0 Å². The van der Waals surface area contributed by atoms with Gasteiger partial charge in [-0.15, -0.1) is 0 Å². The molecule has 0 radical (unpaired) electrons. The monoisotopic (exact) mass is 256 g/mol. The first kappa shape index (κ1) is 13.5. The highest BCUT2D eigenvalue weighted by molar-refractivity contribution is 5.03. The molecule has 1 aliphatic heterocycles. The van der Waals surface area contributed by atoms with Crippen LogP contribution in [0.2, 0.25) is 0 Å². The molecule has 102 valence electrons. The van der Waals surface area contributed by atoms with E-state index in [1.54, 1.807) is 14.0 Å². The lowest BCUT2D eigenvalue weighted by Gasteiger charge is -2.32. The third-order valence-corrected chi connectivity index (χ3v) is 3.34. The van der Waals surface area contributed by atoms with Crippen molar-refractivity contribution in [2.45, 2.75) is 44.3 Å². The second kappa shape index (κ2) is 5.77. The number of hydrogen-bond donors (Lipinski definition) is 1. The molecular weight excluding hydrogens is 236 g/mol. The van der Waals surface area contributed by atoms with Gasteiger partial charge in [0.2, 0.25) is 11.7 Å². The van der Waals surface area contributed by atoms with Crippen LogP contribution < -0.4 is 0 Å². The summed E-state index contributed by atoms with van der Waals surface area (Å²) < 4.78 is 16.1. The normalized spacial score (nSPS) is 20.8. The maximum atomic E-state index is 9.23. The van der Waals surface area contributed by atoms with Gasteiger partial charge < -0.3 is 19.1 Å². The number of methoxy groups -OCH3 is 1. The summed E-state index contributed by atoms with van der Waals surface area (Å²) >= 11 is 0. The molecule has 1 saturated heterocycles. The molecule has 0 aromatic carbocycles. The molecule has 0 bridgehead atoms. The molecule has 1 atom stereocenters. The van der Waals surface area contributed by atoms with Crippen molar-refractivity contribution in [2.24, 2.45) is 0 Å². The van der Waals surface area contributed by atoms with Crippen LogP contribution in [0.4, 0.5) is 0 Å². The third kappa shape index (κ3) is 2.88. The SMILES string of the molecule is COC1(c2noc(CCC(C)O)n2)CCOCC1. The molecule has 1 fully saturated rings. The number of rotatable bonds is 5. The van der Waals surface area contributed by atoms with Crippen LogP contribution in [-0.4, -0.2) is 41.7 Å². The van der Waals surface area contributed by atoms with Crippen LogP contribution in [0.1, 0.15) is 37.9 Å². The van der Waals surface area contributed by atoms with Crippen LogP contribution >= 0.6 is 0 Å². The molecule has 0 saturated carbocycles. The largest absolute Gasteiger partial charge is 0.393 e. The topological polar surface area (TPSA) is 77.6 Å². The maximum Gasteiger partial charge on any atom is 0.226 e. The molecule has 1 aromatic rings. The Morgan fingerprint density at radius 1 is 1.44 bits per heavy atom. The Morgan fingerprint density at radius 2 is 2.17 bits per heavy atom. The summed E-state index contributed by atoms with van der Waals surface area (Å²) in [4.78, 5) is 4.38. The summed E-state index contributed by atoms with van der Waals surface area (Å²) in [6.07, 6.45) is 2.31. The number of aliphatic hydroxyl groups is 1. The fourth-order valence-corrected chi connectivity index (χ4v) is 2.09. The zero-order chi connectivity index (χ0) is 13.0. The van der Waals surface area contributed by atoms with E-state index in [1.807, 2.05) is 0 Å². The Labute approximate surface area is 106 Å². The molecule has 2 rings (SSSR count). The highest BCUT2D eigenvalue weighted by atomic mass is 16.5. The van der Waals surface area contributed by atoms with Gasteiger partial charge in [-0.2, -0.15) is 4.98 Å². The highest BCUT2D eigenvalue weighted by Gasteiger charge is 2.39. The molecule has 6 heteroatoms. The molecule has 0 aliphatic carbocycles. The third-order valence-electron chi connectivity index (χ3n) is 3.34. The molecule has 18 heavy (non-hydrogen) atoms. The minimum atomic E-state index is -0.481. The van der Waals surface area contributed by atoms with Gasteiger partial charge in [0.05, 0.1) is 6.10 Å². The summed E-state index contributed by atoms with van der Waals surface area (Å²) in [5, 5.41) is 13.2. The molecule has 0 amide bonds. The number of ether oxygens (including phenoxy) is 2. The molecule has 1 N–H and O–H groups in total. The predicted molar refractivity (Wildman–Crippen MR) is 63.0 cm³/mol. The summed E-state index contributed by atoms with van der Waals surface area (Å²) in [6.45, 7) is 3.03. The minimum Gasteiger partial charge on any atom is -0.393 e. The zero-order valence-corrected chi connectivity index (χ0v) is 10.9. The highest BCUT2D eigenvalue weighted by Crippen LogP contribution is 2.33. The first-order chi connectivity index (χ1) is 8.66. The molecule has 0 spiro atoms. The van der Waals surface area contributed by atoms with E-state index in [4.69, 9.17) is 14.0 Å². The van der Waals surface area contributed by atoms with Gasteiger partial charge >= 0.3 is 0 Å². The lowest BCUT2D eigenvalue weighted by molar-refractivity contribution is -0.101. The van der Waals surface area contributed by atoms with Gasteiger partial charge in [-0.05, 0) is 13.3 Å². The van der Waals surface area contributed by atoms with E-state index >= 15 is 0 Å². The van der Waals surface area contributed by atoms with Gasteiger partial charge in [-0.1, -0.05) is 5.16 Å². The van der Waals surface area contributed by atoms with Crippen molar-refractivity contribution in [1.82, 2.24) is 10.1 Å². The summed E-state index contributed by atoms with van der Waals surface area (Å²) in [5.74, 6) is 1.14. The summed E-state index contributed by atoms with van der Waals surface area (Å²) in [7, 11) is 1.66. The maximum absolute atomic E-state index is 9.23. The van der Waals surface area contributed by atoms with Crippen molar-refractivity contribution in [2.75, 3.05) is 20.3 Å².